The molecule has 1 aromatic rings. The summed E-state index contributed by atoms with van der Waals surface area (Å²) < 4.78 is 24.7. The Morgan fingerprint density at radius 2 is 1.65 bits per heavy atom. The largest absolute Gasteiger partial charge is 0.392 e. The first-order valence-electron chi connectivity index (χ1n) is 5.82. The fourth-order valence-electron chi connectivity index (χ4n) is 1.83. The lowest BCUT2D eigenvalue weighted by Crippen LogP contribution is -2.33. The van der Waals surface area contributed by atoms with Gasteiger partial charge < -0.3 is 5.11 Å². The van der Waals surface area contributed by atoms with Crippen molar-refractivity contribution in [1.82, 2.24) is 0 Å². The summed E-state index contributed by atoms with van der Waals surface area (Å²) in [5.41, 5.74) is 0. The molecule has 4 heteroatoms. The van der Waals surface area contributed by atoms with Gasteiger partial charge in [-0.05, 0) is 31.4 Å². The third-order valence-corrected chi connectivity index (χ3v) is 5.02. The Kier molecular flexibility index (Phi) is 4.71. The quantitative estimate of drug-likeness (QED) is 0.879. The van der Waals surface area contributed by atoms with E-state index in [1.54, 1.807) is 30.3 Å². The maximum atomic E-state index is 12.3. The molecule has 0 unspecified atom stereocenters. The molecule has 2 atom stereocenters. The maximum Gasteiger partial charge on any atom is 0.183 e. The molecule has 0 spiro atoms. The van der Waals surface area contributed by atoms with Crippen molar-refractivity contribution < 1.29 is 13.5 Å². The molecule has 1 aromatic carbocycles. The Bertz CT molecular complexity index is 435. The summed E-state index contributed by atoms with van der Waals surface area (Å²) in [7, 11) is -3.45. The molecule has 1 N–H and O–H groups in total. The number of hydrogen-bond acceptors (Lipinski definition) is 3. The zero-order valence-corrected chi connectivity index (χ0v) is 11.3. The average molecular weight is 256 g/mol. The van der Waals surface area contributed by atoms with Crippen LogP contribution in [0.4, 0.5) is 0 Å². The van der Waals surface area contributed by atoms with Crippen molar-refractivity contribution in [2.24, 2.45) is 5.92 Å². The van der Waals surface area contributed by atoms with E-state index in [-0.39, 0.29) is 10.8 Å². The number of aliphatic hydroxyl groups excluding tert-OH is 1. The lowest BCUT2D eigenvalue weighted by Gasteiger charge is -2.22. The number of benzene rings is 1. The molecule has 0 heterocycles. The summed E-state index contributed by atoms with van der Waals surface area (Å²) in [6.45, 7) is 5.44. The molecule has 0 fully saturated rings. The molecule has 0 amide bonds. The van der Waals surface area contributed by atoms with Gasteiger partial charge in [-0.2, -0.15) is 0 Å². The summed E-state index contributed by atoms with van der Waals surface area (Å²) in [4.78, 5) is 0.284. The molecule has 0 aliphatic heterocycles. The third-order valence-electron chi connectivity index (χ3n) is 2.71. The Hall–Kier alpha value is -0.870. The summed E-state index contributed by atoms with van der Waals surface area (Å²) >= 11 is 0. The molecule has 0 aliphatic carbocycles. The van der Waals surface area contributed by atoms with Crippen LogP contribution in [-0.2, 0) is 9.84 Å². The monoisotopic (exact) mass is 256 g/mol. The van der Waals surface area contributed by atoms with E-state index in [1.165, 1.54) is 6.92 Å². The van der Waals surface area contributed by atoms with Gasteiger partial charge in [0.15, 0.2) is 9.84 Å². The predicted octanol–water partition coefficient (Wildman–Crippen LogP) is 2.26. The fraction of sp³-hybridized carbons (Fsp3) is 0.538. The van der Waals surface area contributed by atoms with Crippen LogP contribution in [0.25, 0.3) is 0 Å². The van der Waals surface area contributed by atoms with E-state index in [1.807, 2.05) is 13.8 Å². The van der Waals surface area contributed by atoms with Gasteiger partial charge in [-0.15, -0.1) is 0 Å². The van der Waals surface area contributed by atoms with Crippen LogP contribution in [0.2, 0.25) is 0 Å². The lowest BCUT2D eigenvalue weighted by molar-refractivity contribution is 0.178. The topological polar surface area (TPSA) is 54.4 Å². The van der Waals surface area contributed by atoms with Crippen molar-refractivity contribution in [3.05, 3.63) is 30.3 Å². The second kappa shape index (κ2) is 5.65. The predicted molar refractivity (Wildman–Crippen MR) is 68.6 cm³/mol. The average Bonchev–Trinajstić information content (AvgIpc) is 2.26. The second-order valence-corrected chi connectivity index (χ2v) is 6.93. The van der Waals surface area contributed by atoms with Crippen LogP contribution in [0.1, 0.15) is 27.2 Å². The zero-order valence-electron chi connectivity index (χ0n) is 10.5. The number of aliphatic hydroxyl groups is 1. The Morgan fingerprint density at radius 1 is 1.12 bits per heavy atom. The van der Waals surface area contributed by atoms with E-state index >= 15 is 0 Å². The van der Waals surface area contributed by atoms with E-state index in [0.717, 1.165) is 0 Å². The van der Waals surface area contributed by atoms with Gasteiger partial charge in [0.05, 0.1) is 16.2 Å². The molecule has 0 saturated heterocycles. The molecule has 96 valence electrons. The summed E-state index contributed by atoms with van der Waals surface area (Å²) in [6.07, 6.45) is -0.392. The van der Waals surface area contributed by atoms with E-state index in [2.05, 4.69) is 0 Å². The van der Waals surface area contributed by atoms with Gasteiger partial charge in [0.1, 0.15) is 0 Å². The molecule has 1 rings (SSSR count). The molecular formula is C13H20O3S. The van der Waals surface area contributed by atoms with Crippen LogP contribution in [0.5, 0.6) is 0 Å². The highest BCUT2D eigenvalue weighted by Gasteiger charge is 2.31. The molecule has 0 saturated carbocycles. The molecule has 3 nitrogen and oxygen atoms in total. The lowest BCUT2D eigenvalue weighted by atomic mass is 10.1. The Labute approximate surface area is 103 Å². The Morgan fingerprint density at radius 3 is 2.06 bits per heavy atom. The number of rotatable bonds is 5. The van der Waals surface area contributed by atoms with E-state index in [4.69, 9.17) is 0 Å². The van der Waals surface area contributed by atoms with Gasteiger partial charge in [-0.3, -0.25) is 0 Å². The minimum atomic E-state index is -3.45. The van der Waals surface area contributed by atoms with Crippen LogP contribution < -0.4 is 0 Å². The first-order chi connectivity index (χ1) is 7.85. The highest BCUT2D eigenvalue weighted by Crippen LogP contribution is 2.23. The van der Waals surface area contributed by atoms with Crippen molar-refractivity contribution in [2.45, 2.75) is 43.4 Å². The van der Waals surface area contributed by atoms with Gasteiger partial charge >= 0.3 is 0 Å². The van der Waals surface area contributed by atoms with Crippen LogP contribution in [-0.4, -0.2) is 24.9 Å². The Balaban J connectivity index is 3.10. The van der Waals surface area contributed by atoms with Gasteiger partial charge in [0.2, 0.25) is 0 Å². The minimum absolute atomic E-state index is 0.230. The molecule has 0 aliphatic rings. The molecule has 17 heavy (non-hydrogen) atoms. The number of hydrogen-bond donors (Lipinski definition) is 1. The van der Waals surface area contributed by atoms with Gasteiger partial charge in [-0.25, -0.2) is 8.42 Å². The van der Waals surface area contributed by atoms with Crippen molar-refractivity contribution in [1.29, 1.82) is 0 Å². The van der Waals surface area contributed by atoms with Crippen LogP contribution in [0.15, 0.2) is 35.2 Å². The molecular weight excluding hydrogens is 236 g/mol. The first kappa shape index (κ1) is 14.2. The van der Waals surface area contributed by atoms with Crippen LogP contribution in [0.3, 0.4) is 0 Å². The first-order valence-corrected chi connectivity index (χ1v) is 7.37. The smallest absolute Gasteiger partial charge is 0.183 e. The van der Waals surface area contributed by atoms with Crippen molar-refractivity contribution in [2.75, 3.05) is 0 Å². The summed E-state index contributed by atoms with van der Waals surface area (Å²) in [5.74, 6) is 0.230. The third kappa shape index (κ3) is 3.54. The second-order valence-electron chi connectivity index (χ2n) is 4.77. The van der Waals surface area contributed by atoms with Crippen molar-refractivity contribution in [3.8, 4) is 0 Å². The van der Waals surface area contributed by atoms with Gasteiger partial charge in [0, 0.05) is 0 Å². The van der Waals surface area contributed by atoms with Crippen LogP contribution >= 0.6 is 0 Å². The maximum absolute atomic E-state index is 12.3. The minimum Gasteiger partial charge on any atom is -0.392 e. The van der Waals surface area contributed by atoms with E-state index < -0.39 is 21.2 Å². The molecule has 0 bridgehead atoms. The van der Waals surface area contributed by atoms with Crippen molar-refractivity contribution >= 4 is 9.84 Å². The number of sulfone groups is 1. The SMILES string of the molecule is CC(C)C[C@@H]([C@H](C)O)S(=O)(=O)c1ccccc1. The fourth-order valence-corrected chi connectivity index (χ4v) is 3.88. The summed E-state index contributed by atoms with van der Waals surface area (Å²) in [5, 5.41) is 8.95. The van der Waals surface area contributed by atoms with Crippen LogP contribution in [0, 0.1) is 5.92 Å². The van der Waals surface area contributed by atoms with E-state index in [9.17, 15) is 13.5 Å². The highest BCUT2D eigenvalue weighted by atomic mass is 32.2. The van der Waals surface area contributed by atoms with Crippen molar-refractivity contribution in [3.63, 3.8) is 0 Å². The normalized spacial score (nSPS) is 15.8. The molecule has 0 radical (unpaired) electrons. The standard InChI is InChI=1S/C13H20O3S/c1-10(2)9-13(11(3)14)17(15,16)12-7-5-4-6-8-12/h4-8,10-11,13-14H,9H2,1-3H3/t11-,13-/m0/s1. The van der Waals surface area contributed by atoms with Gasteiger partial charge in [0.25, 0.3) is 0 Å². The highest BCUT2D eigenvalue weighted by molar-refractivity contribution is 7.92. The molecule has 0 aromatic heterocycles. The van der Waals surface area contributed by atoms with Gasteiger partial charge in [-0.1, -0.05) is 32.0 Å². The summed E-state index contributed by atoms with van der Waals surface area (Å²) in [6, 6.07) is 8.32. The van der Waals surface area contributed by atoms with E-state index in [0.29, 0.717) is 6.42 Å². The zero-order chi connectivity index (χ0) is 13.1.